The zero-order valence-corrected chi connectivity index (χ0v) is 14.5. The van der Waals surface area contributed by atoms with Crippen molar-refractivity contribution in [2.45, 2.75) is 13.8 Å². The molecule has 0 saturated heterocycles. The Hall–Kier alpha value is -2.87. The average molecular weight is 357 g/mol. The van der Waals surface area contributed by atoms with E-state index in [0.717, 1.165) is 0 Å². The van der Waals surface area contributed by atoms with Crippen molar-refractivity contribution < 1.29 is 14.3 Å². The summed E-state index contributed by atoms with van der Waals surface area (Å²) in [6.45, 7) is 4.46. The van der Waals surface area contributed by atoms with Gasteiger partial charge in [0.1, 0.15) is 23.9 Å². The van der Waals surface area contributed by atoms with Crippen LogP contribution in [0.1, 0.15) is 21.1 Å². The van der Waals surface area contributed by atoms with Crippen LogP contribution in [0, 0.1) is 13.8 Å². The predicted octanol–water partition coefficient (Wildman–Crippen LogP) is 2.62. The number of hydrogen-bond acceptors (Lipinski definition) is 6. The Morgan fingerprint density at radius 1 is 1.24 bits per heavy atom. The Morgan fingerprint density at radius 3 is 2.80 bits per heavy atom. The molecule has 7 nitrogen and oxygen atoms in total. The first-order valence-electron chi connectivity index (χ1n) is 7.74. The van der Waals surface area contributed by atoms with Crippen molar-refractivity contribution >= 4 is 33.1 Å². The Balaban J connectivity index is 1.67. The first-order chi connectivity index (χ1) is 12.0. The number of nitrogens with zero attached hydrogens (tertiary/aromatic N) is 1. The summed E-state index contributed by atoms with van der Waals surface area (Å²) in [4.78, 5) is 32.8. The van der Waals surface area contributed by atoms with Gasteiger partial charge in [0.25, 0.3) is 11.5 Å². The molecule has 2 aromatic heterocycles. The summed E-state index contributed by atoms with van der Waals surface area (Å²) in [6, 6.07) is 5.24. The minimum absolute atomic E-state index is 0.227. The summed E-state index contributed by atoms with van der Waals surface area (Å²) >= 11 is 1.21. The van der Waals surface area contributed by atoms with E-state index in [2.05, 4.69) is 15.3 Å². The van der Waals surface area contributed by atoms with Crippen molar-refractivity contribution in [3.63, 3.8) is 0 Å². The van der Waals surface area contributed by atoms with Crippen molar-refractivity contribution in [2.75, 3.05) is 18.5 Å². The summed E-state index contributed by atoms with van der Waals surface area (Å²) < 4.78 is 11.0. The lowest BCUT2D eigenvalue weighted by atomic mass is 10.2. The van der Waals surface area contributed by atoms with Crippen LogP contribution in [0.25, 0.3) is 10.2 Å². The van der Waals surface area contributed by atoms with Crippen LogP contribution in [-0.4, -0.2) is 29.1 Å². The maximum atomic E-state index is 12.7. The number of aromatic nitrogens is 2. The molecule has 0 fully saturated rings. The maximum absolute atomic E-state index is 12.7. The van der Waals surface area contributed by atoms with Crippen molar-refractivity contribution in [3.8, 4) is 11.5 Å². The largest absolute Gasteiger partial charge is 0.486 e. The van der Waals surface area contributed by atoms with Gasteiger partial charge in [-0.15, -0.1) is 11.3 Å². The number of H-pyrrole nitrogens is 1. The van der Waals surface area contributed by atoms with Crippen LogP contribution in [0.5, 0.6) is 11.5 Å². The molecule has 0 aliphatic carbocycles. The number of ether oxygens (including phenoxy) is 2. The molecule has 0 spiro atoms. The van der Waals surface area contributed by atoms with Crippen molar-refractivity contribution in [3.05, 3.63) is 44.8 Å². The molecule has 8 heteroatoms. The molecular formula is C17H15N3O4S. The zero-order chi connectivity index (χ0) is 17.6. The molecule has 1 aromatic carbocycles. The molecule has 1 aliphatic heterocycles. The van der Waals surface area contributed by atoms with Gasteiger partial charge in [0, 0.05) is 11.8 Å². The number of carbonyl (C=O) groups excluding carboxylic acids is 1. The van der Waals surface area contributed by atoms with Gasteiger partial charge in [0.15, 0.2) is 11.5 Å². The first kappa shape index (κ1) is 15.6. The third-order valence-electron chi connectivity index (χ3n) is 3.93. The van der Waals surface area contributed by atoms with Crippen molar-refractivity contribution in [2.24, 2.45) is 0 Å². The van der Waals surface area contributed by atoms with Crippen LogP contribution < -0.4 is 20.3 Å². The summed E-state index contributed by atoms with van der Waals surface area (Å²) in [7, 11) is 0. The summed E-state index contributed by atoms with van der Waals surface area (Å²) in [6.07, 6.45) is 0. The van der Waals surface area contributed by atoms with Crippen LogP contribution in [0.15, 0.2) is 23.0 Å². The van der Waals surface area contributed by atoms with Gasteiger partial charge in [-0.1, -0.05) is 0 Å². The van der Waals surface area contributed by atoms with E-state index >= 15 is 0 Å². The number of hydrogen-bond donors (Lipinski definition) is 2. The lowest BCUT2D eigenvalue weighted by Crippen LogP contribution is -2.16. The van der Waals surface area contributed by atoms with Gasteiger partial charge in [-0.05, 0) is 31.5 Å². The van der Waals surface area contributed by atoms with E-state index < -0.39 is 0 Å². The molecule has 0 unspecified atom stereocenters. The van der Waals surface area contributed by atoms with Gasteiger partial charge >= 0.3 is 0 Å². The van der Waals surface area contributed by atoms with Crippen molar-refractivity contribution in [1.29, 1.82) is 0 Å². The Morgan fingerprint density at radius 2 is 2.00 bits per heavy atom. The minimum Gasteiger partial charge on any atom is -0.486 e. The number of carbonyl (C=O) groups is 1. The summed E-state index contributed by atoms with van der Waals surface area (Å²) in [5.74, 6) is 1.51. The number of rotatable bonds is 2. The highest BCUT2D eigenvalue weighted by atomic mass is 32.1. The van der Waals surface area contributed by atoms with Gasteiger partial charge < -0.3 is 19.8 Å². The molecule has 3 aromatic rings. The molecule has 3 heterocycles. The van der Waals surface area contributed by atoms with Gasteiger partial charge in [-0.2, -0.15) is 0 Å². The second-order valence-electron chi connectivity index (χ2n) is 5.70. The fourth-order valence-corrected chi connectivity index (χ4v) is 3.90. The average Bonchev–Trinajstić information content (AvgIpc) is 2.91. The SMILES string of the molecule is Cc1nc2sc(C(=O)Nc3ccc4c(c3)OCCO4)c(C)c2c(=O)[nH]1. The number of aromatic amines is 1. The highest BCUT2D eigenvalue weighted by Gasteiger charge is 2.20. The van der Waals surface area contributed by atoms with E-state index in [4.69, 9.17) is 9.47 Å². The van der Waals surface area contributed by atoms with E-state index in [0.29, 0.717) is 56.9 Å². The predicted molar refractivity (Wildman–Crippen MR) is 95.1 cm³/mol. The molecule has 0 atom stereocenters. The van der Waals surface area contributed by atoms with Gasteiger partial charge in [0.2, 0.25) is 0 Å². The second kappa shape index (κ2) is 5.89. The first-order valence-corrected chi connectivity index (χ1v) is 8.55. The number of thiophene rings is 1. The Kier molecular flexibility index (Phi) is 3.69. The number of nitrogens with one attached hydrogen (secondary N) is 2. The molecule has 25 heavy (non-hydrogen) atoms. The monoisotopic (exact) mass is 357 g/mol. The molecule has 0 saturated carbocycles. The van der Waals surface area contributed by atoms with E-state index in [1.165, 1.54) is 11.3 Å². The molecule has 0 bridgehead atoms. The fourth-order valence-electron chi connectivity index (χ4n) is 2.78. The quantitative estimate of drug-likeness (QED) is 0.735. The molecule has 2 N–H and O–H groups in total. The highest BCUT2D eigenvalue weighted by molar-refractivity contribution is 7.20. The normalized spacial score (nSPS) is 13.0. The smallest absolute Gasteiger partial charge is 0.266 e. The number of anilines is 1. The Labute approximate surface area is 146 Å². The lowest BCUT2D eigenvalue weighted by Gasteiger charge is -2.18. The van der Waals surface area contributed by atoms with Crippen LogP contribution in [0.3, 0.4) is 0 Å². The molecule has 0 radical (unpaired) electrons. The number of fused-ring (bicyclic) bond motifs is 2. The highest BCUT2D eigenvalue weighted by Crippen LogP contribution is 2.33. The van der Waals surface area contributed by atoms with E-state index in [9.17, 15) is 9.59 Å². The molecule has 1 amide bonds. The molecule has 128 valence electrons. The van der Waals surface area contributed by atoms with Crippen LogP contribution in [0.4, 0.5) is 5.69 Å². The van der Waals surface area contributed by atoms with Gasteiger partial charge in [0.05, 0.1) is 10.3 Å². The second-order valence-corrected chi connectivity index (χ2v) is 6.70. The minimum atomic E-state index is -0.283. The third kappa shape index (κ3) is 2.74. The number of amides is 1. The maximum Gasteiger partial charge on any atom is 0.266 e. The molecular weight excluding hydrogens is 342 g/mol. The number of benzene rings is 1. The van der Waals surface area contributed by atoms with Gasteiger partial charge in [-0.25, -0.2) is 4.98 Å². The molecule has 4 rings (SSSR count). The Bertz CT molecular complexity index is 1050. The lowest BCUT2D eigenvalue weighted by molar-refractivity contribution is 0.103. The zero-order valence-electron chi connectivity index (χ0n) is 13.6. The number of aryl methyl sites for hydroxylation is 2. The van der Waals surface area contributed by atoms with E-state index in [1.807, 2.05) is 0 Å². The van der Waals surface area contributed by atoms with Crippen LogP contribution in [-0.2, 0) is 0 Å². The summed E-state index contributed by atoms with van der Waals surface area (Å²) in [5, 5.41) is 3.30. The topological polar surface area (TPSA) is 93.3 Å². The van der Waals surface area contributed by atoms with Gasteiger partial charge in [-0.3, -0.25) is 9.59 Å². The van der Waals surface area contributed by atoms with E-state index in [-0.39, 0.29) is 11.5 Å². The summed E-state index contributed by atoms with van der Waals surface area (Å²) in [5.41, 5.74) is 1.00. The van der Waals surface area contributed by atoms with Crippen LogP contribution >= 0.6 is 11.3 Å². The van der Waals surface area contributed by atoms with Crippen LogP contribution in [0.2, 0.25) is 0 Å². The fraction of sp³-hybridized carbons (Fsp3) is 0.235. The van der Waals surface area contributed by atoms with E-state index in [1.54, 1.807) is 32.0 Å². The third-order valence-corrected chi connectivity index (χ3v) is 5.11. The van der Waals surface area contributed by atoms with Crippen molar-refractivity contribution in [1.82, 2.24) is 9.97 Å². The standard InChI is InChI=1S/C17H15N3O4S/c1-8-13-15(21)18-9(2)19-17(13)25-14(8)16(22)20-10-3-4-11-12(7-10)24-6-5-23-11/h3-4,7H,5-6H2,1-2H3,(H,20,22)(H,18,19,21). The molecule has 1 aliphatic rings.